The van der Waals surface area contributed by atoms with Crippen molar-refractivity contribution in [1.29, 1.82) is 0 Å². The first-order valence-corrected chi connectivity index (χ1v) is 9.29. The second kappa shape index (κ2) is 7.94. The van der Waals surface area contributed by atoms with Crippen molar-refractivity contribution in [3.63, 3.8) is 0 Å². The zero-order chi connectivity index (χ0) is 19.6. The van der Waals surface area contributed by atoms with Crippen LogP contribution in [0.5, 0.6) is 0 Å². The topological polar surface area (TPSA) is 47.8 Å². The van der Waals surface area contributed by atoms with Crippen LogP contribution in [-0.2, 0) is 0 Å². The minimum absolute atomic E-state index is 0.0332. The van der Waals surface area contributed by atoms with Gasteiger partial charge in [0.05, 0.1) is 35.2 Å². The standard InChI is InChI=1S/C21H23F2N3O/c1-4-6-15(7-5-2)26-21-12-24-20(8-14(21)11-25-26)17-10-18(22)16(13(3)27)9-19(17)23/h8-12,15H,4-7H2,1-3H3. The molecular formula is C21H23F2N3O. The SMILES string of the molecule is CCCC(CCC)n1ncc2cc(-c3cc(F)c(C(C)=O)cc3F)ncc21. The molecule has 0 radical (unpaired) electrons. The van der Waals surface area contributed by atoms with Crippen molar-refractivity contribution in [2.45, 2.75) is 52.5 Å². The average molecular weight is 371 g/mol. The summed E-state index contributed by atoms with van der Waals surface area (Å²) in [5, 5.41) is 5.34. The number of rotatable bonds is 7. The molecule has 0 saturated carbocycles. The summed E-state index contributed by atoms with van der Waals surface area (Å²) in [5.74, 6) is -1.93. The van der Waals surface area contributed by atoms with Crippen molar-refractivity contribution in [2.75, 3.05) is 0 Å². The molecular weight excluding hydrogens is 348 g/mol. The lowest BCUT2D eigenvalue weighted by molar-refractivity contribution is 0.101. The van der Waals surface area contributed by atoms with Gasteiger partial charge in [0.2, 0.25) is 0 Å². The zero-order valence-electron chi connectivity index (χ0n) is 15.8. The Morgan fingerprint density at radius 3 is 2.41 bits per heavy atom. The molecule has 0 spiro atoms. The smallest absolute Gasteiger partial charge is 0.162 e. The van der Waals surface area contributed by atoms with Gasteiger partial charge in [0.15, 0.2) is 5.78 Å². The van der Waals surface area contributed by atoms with E-state index in [1.54, 1.807) is 18.5 Å². The van der Waals surface area contributed by atoms with Crippen LogP contribution in [0.1, 0.15) is 62.9 Å². The highest BCUT2D eigenvalue weighted by atomic mass is 19.1. The molecule has 0 aliphatic heterocycles. The largest absolute Gasteiger partial charge is 0.294 e. The van der Waals surface area contributed by atoms with E-state index in [1.807, 2.05) is 4.68 Å². The van der Waals surface area contributed by atoms with E-state index < -0.39 is 17.4 Å². The molecule has 0 unspecified atom stereocenters. The quantitative estimate of drug-likeness (QED) is 0.499. The van der Waals surface area contributed by atoms with Crippen LogP contribution in [0.4, 0.5) is 8.78 Å². The summed E-state index contributed by atoms with van der Waals surface area (Å²) in [6, 6.07) is 3.97. The molecule has 4 nitrogen and oxygen atoms in total. The lowest BCUT2D eigenvalue weighted by Crippen LogP contribution is -2.10. The molecule has 3 rings (SSSR count). The van der Waals surface area contributed by atoms with E-state index in [9.17, 15) is 13.6 Å². The minimum atomic E-state index is -0.748. The van der Waals surface area contributed by atoms with E-state index in [0.717, 1.165) is 48.7 Å². The van der Waals surface area contributed by atoms with Crippen molar-refractivity contribution in [3.8, 4) is 11.3 Å². The molecule has 0 saturated heterocycles. The molecule has 27 heavy (non-hydrogen) atoms. The summed E-state index contributed by atoms with van der Waals surface area (Å²) >= 11 is 0. The highest BCUT2D eigenvalue weighted by Crippen LogP contribution is 2.29. The number of carbonyl (C=O) groups excluding carboxylic acids is 1. The molecule has 3 aromatic rings. The summed E-state index contributed by atoms with van der Waals surface area (Å²) in [4.78, 5) is 15.7. The van der Waals surface area contributed by atoms with Crippen molar-refractivity contribution in [2.24, 2.45) is 0 Å². The van der Waals surface area contributed by atoms with Gasteiger partial charge in [-0.05, 0) is 38.0 Å². The van der Waals surface area contributed by atoms with Crippen LogP contribution in [0.3, 0.4) is 0 Å². The van der Waals surface area contributed by atoms with Crippen molar-refractivity contribution in [3.05, 3.63) is 47.8 Å². The molecule has 0 amide bonds. The van der Waals surface area contributed by atoms with Crippen LogP contribution >= 0.6 is 0 Å². The molecule has 0 aliphatic carbocycles. The Bertz CT molecular complexity index is 975. The number of carbonyl (C=O) groups is 1. The summed E-state index contributed by atoms with van der Waals surface area (Å²) < 4.78 is 30.5. The van der Waals surface area contributed by atoms with Crippen LogP contribution in [0, 0.1) is 11.6 Å². The van der Waals surface area contributed by atoms with E-state index in [2.05, 4.69) is 23.9 Å². The molecule has 0 bridgehead atoms. The highest BCUT2D eigenvalue weighted by Gasteiger charge is 2.18. The number of benzene rings is 1. The number of nitrogens with zero attached hydrogens (tertiary/aromatic N) is 3. The number of hydrogen-bond donors (Lipinski definition) is 0. The van der Waals surface area contributed by atoms with Crippen molar-refractivity contribution in [1.82, 2.24) is 14.8 Å². The summed E-state index contributed by atoms with van der Waals surface area (Å²) in [6.07, 6.45) is 7.57. The normalized spacial score (nSPS) is 11.5. The molecule has 0 N–H and O–H groups in total. The maximum absolute atomic E-state index is 14.4. The maximum atomic E-state index is 14.4. The zero-order valence-corrected chi connectivity index (χ0v) is 15.8. The van der Waals surface area contributed by atoms with Crippen LogP contribution in [0.15, 0.2) is 30.6 Å². The van der Waals surface area contributed by atoms with Gasteiger partial charge in [0, 0.05) is 10.9 Å². The first-order chi connectivity index (χ1) is 13.0. The summed E-state index contributed by atoms with van der Waals surface area (Å²) in [6.45, 7) is 5.50. The van der Waals surface area contributed by atoms with Crippen molar-refractivity contribution < 1.29 is 13.6 Å². The van der Waals surface area contributed by atoms with E-state index in [4.69, 9.17) is 0 Å². The molecule has 2 aromatic heterocycles. The van der Waals surface area contributed by atoms with E-state index in [0.29, 0.717) is 11.7 Å². The second-order valence-corrected chi connectivity index (χ2v) is 6.82. The molecule has 0 fully saturated rings. The molecule has 2 heterocycles. The molecule has 142 valence electrons. The monoisotopic (exact) mass is 371 g/mol. The van der Waals surface area contributed by atoms with Crippen LogP contribution in [0.2, 0.25) is 0 Å². The Morgan fingerprint density at radius 1 is 1.07 bits per heavy atom. The number of aromatic nitrogens is 3. The van der Waals surface area contributed by atoms with Gasteiger partial charge < -0.3 is 0 Å². The Hall–Kier alpha value is -2.63. The number of halogens is 2. The average Bonchev–Trinajstić information content (AvgIpc) is 3.06. The van der Waals surface area contributed by atoms with Gasteiger partial charge in [-0.2, -0.15) is 5.10 Å². The van der Waals surface area contributed by atoms with Gasteiger partial charge in [-0.1, -0.05) is 26.7 Å². The number of Topliss-reactive ketones (excluding diaryl/α,β-unsaturated/α-hetero) is 1. The van der Waals surface area contributed by atoms with E-state index in [1.165, 1.54) is 6.92 Å². The fourth-order valence-corrected chi connectivity index (χ4v) is 3.45. The fourth-order valence-electron chi connectivity index (χ4n) is 3.45. The second-order valence-electron chi connectivity index (χ2n) is 6.82. The number of ketones is 1. The fraction of sp³-hybridized carbons (Fsp3) is 0.381. The third kappa shape index (κ3) is 3.75. The number of fused-ring (bicyclic) bond motifs is 1. The number of pyridine rings is 1. The lowest BCUT2D eigenvalue weighted by atomic mass is 10.0. The maximum Gasteiger partial charge on any atom is 0.162 e. The highest BCUT2D eigenvalue weighted by molar-refractivity contribution is 5.95. The van der Waals surface area contributed by atoms with Gasteiger partial charge in [0.1, 0.15) is 11.6 Å². The van der Waals surface area contributed by atoms with Gasteiger partial charge >= 0.3 is 0 Å². The molecule has 6 heteroatoms. The Kier molecular flexibility index (Phi) is 5.63. The van der Waals surface area contributed by atoms with E-state index >= 15 is 0 Å². The predicted octanol–water partition coefficient (Wildman–Crippen LogP) is 5.72. The third-order valence-corrected chi connectivity index (χ3v) is 4.78. The van der Waals surface area contributed by atoms with Gasteiger partial charge in [-0.15, -0.1) is 0 Å². The van der Waals surface area contributed by atoms with Crippen LogP contribution in [0.25, 0.3) is 22.2 Å². The Labute approximate surface area is 157 Å². The van der Waals surface area contributed by atoms with Crippen LogP contribution < -0.4 is 0 Å². The molecule has 0 atom stereocenters. The Morgan fingerprint density at radius 2 is 1.78 bits per heavy atom. The molecule has 1 aromatic carbocycles. The van der Waals surface area contributed by atoms with Gasteiger partial charge in [0.25, 0.3) is 0 Å². The number of hydrogen-bond acceptors (Lipinski definition) is 3. The summed E-state index contributed by atoms with van der Waals surface area (Å²) in [5.41, 5.74) is 0.973. The van der Waals surface area contributed by atoms with Crippen molar-refractivity contribution >= 4 is 16.7 Å². The lowest BCUT2D eigenvalue weighted by Gasteiger charge is -2.17. The van der Waals surface area contributed by atoms with Gasteiger partial charge in [-0.25, -0.2) is 8.78 Å². The first-order valence-electron chi connectivity index (χ1n) is 9.29. The first kappa shape index (κ1) is 19.1. The third-order valence-electron chi connectivity index (χ3n) is 4.78. The predicted molar refractivity (Wildman–Crippen MR) is 102 cm³/mol. The Balaban J connectivity index is 2.04. The van der Waals surface area contributed by atoms with Gasteiger partial charge in [-0.3, -0.25) is 14.5 Å². The summed E-state index contributed by atoms with van der Waals surface area (Å²) in [7, 11) is 0. The van der Waals surface area contributed by atoms with E-state index in [-0.39, 0.29) is 11.1 Å². The van der Waals surface area contributed by atoms with Crippen LogP contribution in [-0.4, -0.2) is 20.5 Å². The minimum Gasteiger partial charge on any atom is -0.294 e. The molecule has 0 aliphatic rings.